The molecule has 0 aliphatic heterocycles. The van der Waals surface area contributed by atoms with Gasteiger partial charge in [0.25, 0.3) is 5.69 Å². The topological polar surface area (TPSA) is 50.4 Å². The number of halogens is 1. The molecule has 15 heavy (non-hydrogen) atoms. The molecule has 1 heterocycles. The van der Waals surface area contributed by atoms with Crippen LogP contribution in [0.15, 0.2) is 12.3 Å². The van der Waals surface area contributed by atoms with Crippen LogP contribution in [-0.4, -0.2) is 17.8 Å². The van der Waals surface area contributed by atoms with Crippen molar-refractivity contribution < 1.29 is 19.5 Å². The number of rotatable bonds is 3. The van der Waals surface area contributed by atoms with Crippen LogP contribution >= 0.6 is 11.6 Å². The summed E-state index contributed by atoms with van der Waals surface area (Å²) in [5, 5.41) is 9.51. The first-order chi connectivity index (χ1) is 7.10. The number of aromatic nitrogens is 1. The fraction of sp³-hybridized carbons (Fsp3) is 0.400. The first-order valence-corrected chi connectivity index (χ1v) is 5.11. The van der Waals surface area contributed by atoms with Crippen molar-refractivity contribution in [3.05, 3.63) is 29.1 Å². The summed E-state index contributed by atoms with van der Waals surface area (Å²) >= 11 is 5.65. The first-order valence-electron chi connectivity index (χ1n) is 4.57. The molecule has 1 rings (SSSR count). The number of hydrogen-bond donors (Lipinski definition) is 1. The van der Waals surface area contributed by atoms with Crippen LogP contribution in [0.4, 0.5) is 0 Å². The molecule has 0 aliphatic carbocycles. The highest BCUT2D eigenvalue weighted by atomic mass is 35.5. The Hall–Kier alpha value is -1.29. The Morgan fingerprint density at radius 3 is 2.87 bits per heavy atom. The standard InChI is InChI=1S/C10H13ClNO3/c1-3-15-10(13)8-4-7(2)6-12(14)9(8)5-11/h4,6,14H,3,5H2,1-2H3/q+1. The van der Waals surface area contributed by atoms with Gasteiger partial charge in [0.05, 0.1) is 6.61 Å². The van der Waals surface area contributed by atoms with Crippen molar-refractivity contribution >= 4 is 17.6 Å². The third-order valence-corrected chi connectivity index (χ3v) is 2.16. The second-order valence-corrected chi connectivity index (χ2v) is 3.34. The lowest BCUT2D eigenvalue weighted by molar-refractivity contribution is -0.909. The highest BCUT2D eigenvalue weighted by Crippen LogP contribution is 2.10. The van der Waals surface area contributed by atoms with E-state index in [1.54, 1.807) is 19.9 Å². The van der Waals surface area contributed by atoms with Gasteiger partial charge in [0, 0.05) is 10.3 Å². The summed E-state index contributed by atoms with van der Waals surface area (Å²) in [7, 11) is 0. The number of alkyl halides is 1. The Morgan fingerprint density at radius 1 is 1.67 bits per heavy atom. The van der Waals surface area contributed by atoms with Crippen LogP contribution in [0.1, 0.15) is 28.5 Å². The normalized spacial score (nSPS) is 10.1. The highest BCUT2D eigenvalue weighted by molar-refractivity contribution is 6.17. The van der Waals surface area contributed by atoms with Crippen molar-refractivity contribution in [1.29, 1.82) is 0 Å². The second kappa shape index (κ2) is 4.98. The van der Waals surface area contributed by atoms with Gasteiger partial charge in [-0.25, -0.2) is 4.79 Å². The summed E-state index contributed by atoms with van der Waals surface area (Å²) in [5.41, 5.74) is 1.39. The smallest absolute Gasteiger partial charge is 0.344 e. The lowest BCUT2D eigenvalue weighted by Crippen LogP contribution is -2.37. The monoisotopic (exact) mass is 230 g/mol. The van der Waals surface area contributed by atoms with Gasteiger partial charge in [-0.3, -0.25) is 5.21 Å². The summed E-state index contributed by atoms with van der Waals surface area (Å²) in [4.78, 5) is 11.5. The molecule has 0 aliphatic rings. The van der Waals surface area contributed by atoms with Crippen LogP contribution < -0.4 is 4.73 Å². The van der Waals surface area contributed by atoms with Gasteiger partial charge in [0.1, 0.15) is 11.4 Å². The Morgan fingerprint density at radius 2 is 2.33 bits per heavy atom. The molecular formula is C10H13ClNO3+. The van der Waals surface area contributed by atoms with Crippen LogP contribution in [-0.2, 0) is 10.6 Å². The van der Waals surface area contributed by atoms with Gasteiger partial charge >= 0.3 is 5.97 Å². The lowest BCUT2D eigenvalue weighted by atomic mass is 10.1. The molecule has 0 bridgehead atoms. The molecular weight excluding hydrogens is 218 g/mol. The second-order valence-electron chi connectivity index (χ2n) is 3.08. The molecule has 4 nitrogen and oxygen atoms in total. The maximum absolute atomic E-state index is 11.5. The number of nitrogens with zero attached hydrogens (tertiary/aromatic N) is 1. The van der Waals surface area contributed by atoms with Gasteiger partial charge < -0.3 is 4.74 Å². The lowest BCUT2D eigenvalue weighted by Gasteiger charge is -2.03. The van der Waals surface area contributed by atoms with E-state index in [-0.39, 0.29) is 5.88 Å². The van der Waals surface area contributed by atoms with E-state index >= 15 is 0 Å². The molecule has 0 unspecified atom stereocenters. The van der Waals surface area contributed by atoms with Gasteiger partial charge in [0.15, 0.2) is 0 Å². The quantitative estimate of drug-likeness (QED) is 0.370. The van der Waals surface area contributed by atoms with E-state index < -0.39 is 5.97 Å². The minimum atomic E-state index is -0.473. The maximum atomic E-state index is 11.5. The number of aryl methyl sites for hydroxylation is 1. The summed E-state index contributed by atoms with van der Waals surface area (Å²) < 4.78 is 5.71. The minimum Gasteiger partial charge on any atom is -0.462 e. The minimum absolute atomic E-state index is 0.0466. The van der Waals surface area contributed by atoms with Crippen LogP contribution in [0.5, 0.6) is 0 Å². The van der Waals surface area contributed by atoms with Gasteiger partial charge in [0.2, 0.25) is 6.20 Å². The SMILES string of the molecule is CCOC(=O)c1cc(C)c[n+](O)c1CCl. The largest absolute Gasteiger partial charge is 0.462 e. The summed E-state index contributed by atoms with van der Waals surface area (Å²) in [5.74, 6) is -0.426. The van der Waals surface area contributed by atoms with Gasteiger partial charge in [-0.2, -0.15) is 0 Å². The Labute approximate surface area is 93.0 Å². The predicted molar refractivity (Wildman–Crippen MR) is 54.1 cm³/mol. The van der Waals surface area contributed by atoms with Crippen molar-refractivity contribution in [1.82, 2.24) is 0 Å². The molecule has 0 amide bonds. The number of pyridine rings is 1. The van der Waals surface area contributed by atoms with Crippen LogP contribution in [0.25, 0.3) is 0 Å². The van der Waals surface area contributed by atoms with Crippen LogP contribution in [0.2, 0.25) is 0 Å². The number of carbonyl (C=O) groups excluding carboxylic acids is 1. The summed E-state index contributed by atoms with van der Waals surface area (Å²) in [6.07, 6.45) is 1.49. The average Bonchev–Trinajstić information content (AvgIpc) is 2.17. The number of esters is 1. The third kappa shape index (κ3) is 2.59. The molecule has 0 radical (unpaired) electrons. The van der Waals surface area contributed by atoms with E-state index in [0.29, 0.717) is 17.9 Å². The molecule has 1 aromatic heterocycles. The van der Waals surface area contributed by atoms with Gasteiger partial charge in [-0.05, 0) is 19.9 Å². The van der Waals surface area contributed by atoms with Crippen molar-refractivity contribution in [2.24, 2.45) is 0 Å². The summed E-state index contributed by atoms with van der Waals surface area (Å²) in [6.45, 7) is 3.79. The third-order valence-electron chi connectivity index (χ3n) is 1.91. The fourth-order valence-corrected chi connectivity index (χ4v) is 1.53. The zero-order valence-electron chi connectivity index (χ0n) is 8.66. The number of hydrogen-bond acceptors (Lipinski definition) is 3. The zero-order valence-corrected chi connectivity index (χ0v) is 9.41. The highest BCUT2D eigenvalue weighted by Gasteiger charge is 2.23. The van der Waals surface area contributed by atoms with E-state index in [4.69, 9.17) is 16.3 Å². The van der Waals surface area contributed by atoms with E-state index in [2.05, 4.69) is 0 Å². The Balaban J connectivity index is 3.20. The molecule has 82 valence electrons. The molecule has 0 saturated carbocycles. The van der Waals surface area contributed by atoms with Crippen LogP contribution in [0.3, 0.4) is 0 Å². The number of carbonyl (C=O) groups is 1. The molecule has 0 spiro atoms. The molecule has 0 atom stereocenters. The molecule has 5 heteroatoms. The average molecular weight is 231 g/mol. The predicted octanol–water partition coefficient (Wildman–Crippen LogP) is 1.44. The number of ether oxygens (including phenoxy) is 1. The van der Waals surface area contributed by atoms with Crippen molar-refractivity contribution in [2.45, 2.75) is 19.7 Å². The van der Waals surface area contributed by atoms with E-state index in [9.17, 15) is 10.0 Å². The van der Waals surface area contributed by atoms with Crippen molar-refractivity contribution in [3.8, 4) is 0 Å². The molecule has 1 aromatic rings. The Bertz CT molecular complexity index is 379. The zero-order chi connectivity index (χ0) is 11.4. The maximum Gasteiger partial charge on any atom is 0.344 e. The van der Waals surface area contributed by atoms with E-state index in [1.165, 1.54) is 6.20 Å². The van der Waals surface area contributed by atoms with Gasteiger partial charge in [-0.1, -0.05) is 0 Å². The van der Waals surface area contributed by atoms with Crippen molar-refractivity contribution in [3.63, 3.8) is 0 Å². The van der Waals surface area contributed by atoms with Crippen molar-refractivity contribution in [2.75, 3.05) is 6.61 Å². The molecule has 0 aromatic carbocycles. The van der Waals surface area contributed by atoms with Gasteiger partial charge in [-0.15, -0.1) is 11.6 Å². The van der Waals surface area contributed by atoms with Crippen LogP contribution in [0, 0.1) is 6.92 Å². The van der Waals surface area contributed by atoms with E-state index in [0.717, 1.165) is 10.3 Å². The molecule has 1 N–H and O–H groups in total. The van der Waals surface area contributed by atoms with E-state index in [1.807, 2.05) is 0 Å². The molecule has 0 fully saturated rings. The first kappa shape index (κ1) is 11.8. The fourth-order valence-electron chi connectivity index (χ4n) is 1.26. The summed E-state index contributed by atoms with van der Waals surface area (Å²) in [6, 6.07) is 1.64. The Kier molecular flexibility index (Phi) is 3.91. The molecule has 0 saturated heterocycles.